The average molecular weight is 290 g/mol. The Morgan fingerprint density at radius 3 is 2.45 bits per heavy atom. The monoisotopic (exact) mass is 289 g/mol. The Kier molecular flexibility index (Phi) is 5.05. The van der Waals surface area contributed by atoms with Crippen LogP contribution in [0.5, 0.6) is 5.75 Å². The maximum Gasteiger partial charge on any atom is 0.122 e. The zero-order valence-corrected chi connectivity index (χ0v) is 12.7. The molecular formula is C17H20ClNO. The van der Waals surface area contributed by atoms with Crippen molar-refractivity contribution in [2.24, 2.45) is 5.73 Å². The van der Waals surface area contributed by atoms with Gasteiger partial charge in [-0.1, -0.05) is 41.4 Å². The van der Waals surface area contributed by atoms with Gasteiger partial charge in [-0.3, -0.25) is 0 Å². The first-order valence-electron chi connectivity index (χ1n) is 6.72. The van der Waals surface area contributed by atoms with E-state index in [2.05, 4.69) is 31.2 Å². The summed E-state index contributed by atoms with van der Waals surface area (Å²) in [5, 5.41) is 0.711. The van der Waals surface area contributed by atoms with Gasteiger partial charge in [-0.15, -0.1) is 0 Å². The van der Waals surface area contributed by atoms with E-state index in [9.17, 15) is 0 Å². The molecular weight excluding hydrogens is 270 g/mol. The van der Waals surface area contributed by atoms with Crippen molar-refractivity contribution in [2.75, 3.05) is 7.11 Å². The molecule has 2 aromatic rings. The molecule has 0 aromatic heterocycles. The first-order chi connectivity index (χ1) is 9.58. The fourth-order valence-corrected chi connectivity index (χ4v) is 2.48. The number of aryl methyl sites for hydroxylation is 1. The van der Waals surface area contributed by atoms with Gasteiger partial charge in [-0.2, -0.15) is 0 Å². The van der Waals surface area contributed by atoms with Crippen LogP contribution < -0.4 is 10.5 Å². The first-order valence-corrected chi connectivity index (χ1v) is 7.10. The highest BCUT2D eigenvalue weighted by Gasteiger charge is 2.10. The second-order valence-corrected chi connectivity index (χ2v) is 5.55. The van der Waals surface area contributed by atoms with Gasteiger partial charge >= 0.3 is 0 Å². The lowest BCUT2D eigenvalue weighted by Gasteiger charge is -2.15. The Hall–Kier alpha value is -1.51. The Morgan fingerprint density at radius 1 is 1.10 bits per heavy atom. The maximum atomic E-state index is 6.25. The van der Waals surface area contributed by atoms with Crippen LogP contribution in [-0.4, -0.2) is 13.2 Å². The number of nitrogens with two attached hydrogens (primary N) is 1. The highest BCUT2D eigenvalue weighted by Crippen LogP contribution is 2.24. The van der Waals surface area contributed by atoms with E-state index >= 15 is 0 Å². The minimum atomic E-state index is 0.0464. The van der Waals surface area contributed by atoms with E-state index in [1.165, 1.54) is 11.1 Å². The van der Waals surface area contributed by atoms with Gasteiger partial charge in [-0.05, 0) is 49.1 Å². The number of benzene rings is 2. The van der Waals surface area contributed by atoms with Crippen LogP contribution in [0.4, 0.5) is 0 Å². The van der Waals surface area contributed by atoms with Crippen LogP contribution in [-0.2, 0) is 12.8 Å². The minimum absolute atomic E-state index is 0.0464. The van der Waals surface area contributed by atoms with Crippen molar-refractivity contribution in [1.82, 2.24) is 0 Å². The minimum Gasteiger partial charge on any atom is -0.496 e. The summed E-state index contributed by atoms with van der Waals surface area (Å²) in [5.41, 5.74) is 9.82. The number of halogens is 1. The fourth-order valence-electron chi connectivity index (χ4n) is 2.29. The third kappa shape index (κ3) is 3.99. The highest BCUT2D eigenvalue weighted by atomic mass is 35.5. The number of rotatable bonds is 5. The average Bonchev–Trinajstić information content (AvgIpc) is 2.41. The molecule has 2 aromatic carbocycles. The van der Waals surface area contributed by atoms with Crippen molar-refractivity contribution in [3.63, 3.8) is 0 Å². The predicted molar refractivity (Wildman–Crippen MR) is 84.6 cm³/mol. The summed E-state index contributed by atoms with van der Waals surface area (Å²) in [6.45, 7) is 2.08. The summed E-state index contributed by atoms with van der Waals surface area (Å²) in [6, 6.07) is 14.2. The molecule has 0 heterocycles. The molecule has 0 aliphatic rings. The molecule has 20 heavy (non-hydrogen) atoms. The van der Waals surface area contributed by atoms with Gasteiger partial charge in [0.25, 0.3) is 0 Å². The number of hydrogen-bond acceptors (Lipinski definition) is 2. The van der Waals surface area contributed by atoms with Crippen LogP contribution in [0.3, 0.4) is 0 Å². The summed E-state index contributed by atoms with van der Waals surface area (Å²) >= 11 is 6.04. The third-order valence-corrected chi connectivity index (χ3v) is 3.58. The molecule has 1 unspecified atom stereocenters. The standard InChI is InChI=1S/C17H20ClNO/c1-12-3-5-13(6-4-12)9-16(19)11-14-10-15(18)7-8-17(14)20-2/h3-8,10,16H,9,11,19H2,1-2H3. The molecule has 106 valence electrons. The Labute approximate surface area is 125 Å². The molecule has 1 atom stereocenters. The topological polar surface area (TPSA) is 35.2 Å². The largest absolute Gasteiger partial charge is 0.496 e. The van der Waals surface area contributed by atoms with Crippen molar-refractivity contribution in [2.45, 2.75) is 25.8 Å². The van der Waals surface area contributed by atoms with E-state index in [1.54, 1.807) is 7.11 Å². The van der Waals surface area contributed by atoms with E-state index in [1.807, 2.05) is 18.2 Å². The zero-order chi connectivity index (χ0) is 14.5. The normalized spacial score (nSPS) is 12.2. The van der Waals surface area contributed by atoms with Crippen molar-refractivity contribution in [3.05, 3.63) is 64.2 Å². The summed E-state index contributed by atoms with van der Waals surface area (Å²) in [4.78, 5) is 0. The van der Waals surface area contributed by atoms with Crippen molar-refractivity contribution >= 4 is 11.6 Å². The van der Waals surface area contributed by atoms with E-state index in [0.29, 0.717) is 5.02 Å². The smallest absolute Gasteiger partial charge is 0.122 e. The van der Waals surface area contributed by atoms with Gasteiger partial charge in [0, 0.05) is 11.1 Å². The molecule has 3 heteroatoms. The number of hydrogen-bond donors (Lipinski definition) is 1. The predicted octanol–water partition coefficient (Wildman–Crippen LogP) is 3.77. The van der Waals surface area contributed by atoms with E-state index in [-0.39, 0.29) is 6.04 Å². The summed E-state index contributed by atoms with van der Waals surface area (Å²) in [6.07, 6.45) is 1.59. The highest BCUT2D eigenvalue weighted by molar-refractivity contribution is 6.30. The summed E-state index contributed by atoms with van der Waals surface area (Å²) in [5.74, 6) is 0.841. The van der Waals surface area contributed by atoms with E-state index in [0.717, 1.165) is 24.2 Å². The van der Waals surface area contributed by atoms with Crippen LogP contribution in [0.25, 0.3) is 0 Å². The lowest BCUT2D eigenvalue weighted by atomic mass is 9.98. The zero-order valence-electron chi connectivity index (χ0n) is 11.9. The molecule has 0 spiro atoms. The molecule has 0 radical (unpaired) electrons. The Morgan fingerprint density at radius 2 is 1.80 bits per heavy atom. The van der Waals surface area contributed by atoms with Crippen LogP contribution in [0.2, 0.25) is 5.02 Å². The van der Waals surface area contributed by atoms with Crippen LogP contribution in [0.15, 0.2) is 42.5 Å². The molecule has 0 amide bonds. The van der Waals surface area contributed by atoms with Crippen molar-refractivity contribution in [3.8, 4) is 5.75 Å². The van der Waals surface area contributed by atoms with Gasteiger partial charge < -0.3 is 10.5 Å². The number of ether oxygens (including phenoxy) is 1. The Balaban J connectivity index is 2.05. The molecule has 0 aliphatic heterocycles. The van der Waals surface area contributed by atoms with Gasteiger partial charge in [0.05, 0.1) is 7.11 Å². The summed E-state index contributed by atoms with van der Waals surface area (Å²) < 4.78 is 5.35. The van der Waals surface area contributed by atoms with Gasteiger partial charge in [0.1, 0.15) is 5.75 Å². The molecule has 2 rings (SSSR count). The SMILES string of the molecule is COc1ccc(Cl)cc1CC(N)Cc1ccc(C)cc1. The molecule has 2 N–H and O–H groups in total. The third-order valence-electron chi connectivity index (χ3n) is 3.34. The van der Waals surface area contributed by atoms with E-state index < -0.39 is 0 Å². The quantitative estimate of drug-likeness (QED) is 0.909. The lowest BCUT2D eigenvalue weighted by Crippen LogP contribution is -2.25. The molecule has 2 nitrogen and oxygen atoms in total. The first kappa shape index (κ1) is 14.9. The molecule has 0 saturated carbocycles. The molecule has 0 saturated heterocycles. The molecule has 0 aliphatic carbocycles. The van der Waals surface area contributed by atoms with Crippen LogP contribution in [0.1, 0.15) is 16.7 Å². The van der Waals surface area contributed by atoms with Gasteiger partial charge in [0.15, 0.2) is 0 Å². The van der Waals surface area contributed by atoms with E-state index in [4.69, 9.17) is 22.1 Å². The van der Waals surface area contributed by atoms with Gasteiger partial charge in [-0.25, -0.2) is 0 Å². The molecule has 0 bridgehead atoms. The second kappa shape index (κ2) is 6.78. The number of methoxy groups -OCH3 is 1. The van der Waals surface area contributed by atoms with Crippen molar-refractivity contribution < 1.29 is 4.74 Å². The van der Waals surface area contributed by atoms with Gasteiger partial charge in [0.2, 0.25) is 0 Å². The maximum absolute atomic E-state index is 6.25. The lowest BCUT2D eigenvalue weighted by molar-refractivity contribution is 0.408. The van der Waals surface area contributed by atoms with Crippen LogP contribution in [0, 0.1) is 6.92 Å². The van der Waals surface area contributed by atoms with Crippen molar-refractivity contribution in [1.29, 1.82) is 0 Å². The Bertz CT molecular complexity index is 566. The fraction of sp³-hybridized carbons (Fsp3) is 0.294. The van der Waals surface area contributed by atoms with Crippen LogP contribution >= 0.6 is 11.6 Å². The second-order valence-electron chi connectivity index (χ2n) is 5.11. The molecule has 0 fully saturated rings. The summed E-state index contributed by atoms with van der Waals surface area (Å²) in [7, 11) is 1.66.